The van der Waals surface area contributed by atoms with Gasteiger partial charge in [0.15, 0.2) is 29.2 Å². The first kappa shape index (κ1) is 20.5. The summed E-state index contributed by atoms with van der Waals surface area (Å²) in [6, 6.07) is 17.1. The maximum Gasteiger partial charge on any atom is 0.338 e. The number of benzene rings is 3. The number of rotatable bonds is 5. The van der Waals surface area contributed by atoms with E-state index in [0.29, 0.717) is 0 Å². The van der Waals surface area contributed by atoms with Gasteiger partial charge in [0.1, 0.15) is 5.52 Å². The van der Waals surface area contributed by atoms with E-state index in [4.69, 9.17) is 4.74 Å². The highest BCUT2D eigenvalue weighted by atomic mass is 32.1. The van der Waals surface area contributed by atoms with Crippen molar-refractivity contribution in [3.63, 3.8) is 0 Å². The van der Waals surface area contributed by atoms with Crippen LogP contribution in [0.25, 0.3) is 21.3 Å². The lowest BCUT2D eigenvalue weighted by Gasteiger charge is -2.06. The maximum absolute atomic E-state index is 13.7. The number of hydrogen-bond acceptors (Lipinski definition) is 5. The van der Waals surface area contributed by atoms with Gasteiger partial charge >= 0.3 is 5.97 Å². The number of fused-ring (bicyclic) bond motifs is 1. The van der Waals surface area contributed by atoms with E-state index in [9.17, 15) is 22.8 Å². The van der Waals surface area contributed by atoms with Gasteiger partial charge < -0.3 is 4.74 Å². The molecule has 0 fully saturated rings. The zero-order valence-electron chi connectivity index (χ0n) is 15.7. The third-order valence-electron chi connectivity index (χ3n) is 4.33. The van der Waals surface area contributed by atoms with Crippen LogP contribution in [0.15, 0.2) is 60.7 Å². The molecule has 5 nitrogen and oxygen atoms in total. The Balaban J connectivity index is 1.37. The van der Waals surface area contributed by atoms with Gasteiger partial charge in [-0.05, 0) is 29.3 Å². The third kappa shape index (κ3) is 4.41. The third-order valence-corrected chi connectivity index (χ3v) is 5.25. The van der Waals surface area contributed by atoms with Gasteiger partial charge in [0, 0.05) is 0 Å². The highest BCUT2D eigenvalue weighted by Crippen LogP contribution is 2.30. The van der Waals surface area contributed by atoms with Crippen molar-refractivity contribution in [2.45, 2.75) is 0 Å². The van der Waals surface area contributed by atoms with E-state index >= 15 is 0 Å². The lowest BCUT2D eigenvalue weighted by Crippen LogP contribution is -2.20. The number of anilines is 1. The number of ether oxygens (including phenoxy) is 1. The number of hydrogen-bond donors (Lipinski definition) is 1. The molecule has 9 heteroatoms. The average molecular weight is 442 g/mol. The molecule has 0 bridgehead atoms. The largest absolute Gasteiger partial charge is 0.452 e. The Labute approximate surface area is 178 Å². The summed E-state index contributed by atoms with van der Waals surface area (Å²) in [5, 5.41) is 2.24. The number of halogens is 3. The fourth-order valence-corrected chi connectivity index (χ4v) is 3.73. The molecule has 1 aromatic heterocycles. The van der Waals surface area contributed by atoms with Crippen LogP contribution in [0.4, 0.5) is 18.3 Å². The van der Waals surface area contributed by atoms with Gasteiger partial charge in [-0.15, -0.1) is 0 Å². The quantitative estimate of drug-likeness (QED) is 0.342. The van der Waals surface area contributed by atoms with Crippen LogP contribution in [-0.4, -0.2) is 23.5 Å². The Morgan fingerprint density at radius 1 is 0.935 bits per heavy atom. The van der Waals surface area contributed by atoms with E-state index in [1.807, 2.05) is 30.3 Å². The first-order valence-electron chi connectivity index (χ1n) is 8.99. The van der Waals surface area contributed by atoms with E-state index in [1.165, 1.54) is 0 Å². The summed E-state index contributed by atoms with van der Waals surface area (Å²) in [5.74, 6) is -5.84. The van der Waals surface area contributed by atoms with E-state index < -0.39 is 41.5 Å². The van der Waals surface area contributed by atoms with Crippen molar-refractivity contribution < 1.29 is 27.5 Å². The number of aromatic nitrogens is 1. The molecule has 0 unspecified atom stereocenters. The lowest BCUT2D eigenvalue weighted by molar-refractivity contribution is -0.119. The van der Waals surface area contributed by atoms with Crippen molar-refractivity contribution in [3.8, 4) is 11.1 Å². The minimum atomic E-state index is -1.64. The first-order valence-corrected chi connectivity index (χ1v) is 9.80. The Kier molecular flexibility index (Phi) is 5.68. The summed E-state index contributed by atoms with van der Waals surface area (Å²) in [6.45, 7) is -0.611. The molecule has 0 aliphatic carbocycles. The number of esters is 1. The summed E-state index contributed by atoms with van der Waals surface area (Å²) in [6.07, 6.45) is 0. The van der Waals surface area contributed by atoms with Crippen molar-refractivity contribution >= 4 is 38.6 Å². The monoisotopic (exact) mass is 442 g/mol. The summed E-state index contributed by atoms with van der Waals surface area (Å²) in [7, 11) is 0. The normalized spacial score (nSPS) is 10.8. The molecule has 0 aliphatic rings. The summed E-state index contributed by atoms with van der Waals surface area (Å²) < 4.78 is 45.3. The minimum absolute atomic E-state index is 0.0298. The van der Waals surface area contributed by atoms with Gasteiger partial charge in [-0.2, -0.15) is 0 Å². The first-order chi connectivity index (χ1) is 14.9. The number of carbonyl (C=O) groups is 2. The Morgan fingerprint density at radius 2 is 1.61 bits per heavy atom. The molecule has 0 saturated heterocycles. The molecule has 1 N–H and O–H groups in total. The standard InChI is InChI=1S/C22H13F3N2O3S/c23-15-10-16-20(19(25)18(15)24)27-22(31-16)26-17(28)11-30-21(29)14-8-6-13(7-9-14)12-4-2-1-3-5-12/h1-10H,11H2,(H,26,27,28). The summed E-state index contributed by atoms with van der Waals surface area (Å²) >= 11 is 0.763. The van der Waals surface area contributed by atoms with E-state index in [0.717, 1.165) is 28.5 Å². The zero-order chi connectivity index (χ0) is 22.0. The van der Waals surface area contributed by atoms with Crippen LogP contribution in [0.2, 0.25) is 0 Å². The van der Waals surface area contributed by atoms with Crippen molar-refractivity contribution in [3.05, 3.63) is 83.7 Å². The highest BCUT2D eigenvalue weighted by molar-refractivity contribution is 7.22. The van der Waals surface area contributed by atoms with Gasteiger partial charge in [-0.25, -0.2) is 22.9 Å². The average Bonchev–Trinajstić information content (AvgIpc) is 3.18. The topological polar surface area (TPSA) is 68.3 Å². The minimum Gasteiger partial charge on any atom is -0.452 e. The molecule has 0 spiro atoms. The predicted molar refractivity (Wildman–Crippen MR) is 110 cm³/mol. The van der Waals surface area contributed by atoms with Crippen LogP contribution >= 0.6 is 11.3 Å². The Hall–Kier alpha value is -3.72. The highest BCUT2D eigenvalue weighted by Gasteiger charge is 2.19. The number of nitrogens with one attached hydrogen (secondary N) is 1. The summed E-state index contributed by atoms with van der Waals surface area (Å²) in [5.41, 5.74) is 1.79. The molecule has 1 heterocycles. The van der Waals surface area contributed by atoms with E-state index in [2.05, 4.69) is 10.3 Å². The maximum atomic E-state index is 13.7. The van der Waals surface area contributed by atoms with Gasteiger partial charge in [0.25, 0.3) is 5.91 Å². The summed E-state index contributed by atoms with van der Waals surface area (Å²) in [4.78, 5) is 27.9. The Bertz CT molecular complexity index is 1270. The fraction of sp³-hybridized carbons (Fsp3) is 0.0455. The SMILES string of the molecule is O=C(COC(=O)c1ccc(-c2ccccc2)cc1)Nc1nc2c(F)c(F)c(F)cc2s1. The van der Waals surface area contributed by atoms with Crippen molar-refractivity contribution in [2.24, 2.45) is 0 Å². The Morgan fingerprint density at radius 3 is 2.32 bits per heavy atom. The molecule has 3 aromatic carbocycles. The molecule has 0 atom stereocenters. The lowest BCUT2D eigenvalue weighted by atomic mass is 10.0. The number of carbonyl (C=O) groups excluding carboxylic acids is 2. The zero-order valence-corrected chi connectivity index (χ0v) is 16.5. The molecule has 0 saturated carbocycles. The van der Waals surface area contributed by atoms with Crippen molar-refractivity contribution in [1.82, 2.24) is 4.98 Å². The second-order valence-electron chi connectivity index (χ2n) is 6.42. The number of thiazole rings is 1. The second-order valence-corrected chi connectivity index (χ2v) is 7.45. The number of nitrogens with zero attached hydrogens (tertiary/aromatic N) is 1. The smallest absolute Gasteiger partial charge is 0.338 e. The van der Waals surface area contributed by atoms with Crippen molar-refractivity contribution in [1.29, 1.82) is 0 Å². The molecular weight excluding hydrogens is 429 g/mol. The van der Waals surface area contributed by atoms with Gasteiger partial charge in [0.2, 0.25) is 0 Å². The van der Waals surface area contributed by atoms with E-state index in [1.54, 1.807) is 24.3 Å². The second kappa shape index (κ2) is 8.57. The van der Waals surface area contributed by atoms with Gasteiger partial charge in [-0.3, -0.25) is 10.1 Å². The van der Waals surface area contributed by atoms with Crippen LogP contribution in [-0.2, 0) is 9.53 Å². The van der Waals surface area contributed by atoms with Crippen LogP contribution in [0.1, 0.15) is 10.4 Å². The van der Waals surface area contributed by atoms with E-state index in [-0.39, 0.29) is 15.4 Å². The van der Waals surface area contributed by atoms with Crippen molar-refractivity contribution in [2.75, 3.05) is 11.9 Å². The molecule has 4 rings (SSSR count). The van der Waals surface area contributed by atoms with Gasteiger partial charge in [-0.1, -0.05) is 53.8 Å². The van der Waals surface area contributed by atoms with Crippen LogP contribution in [0.3, 0.4) is 0 Å². The van der Waals surface area contributed by atoms with Crippen LogP contribution in [0, 0.1) is 17.5 Å². The van der Waals surface area contributed by atoms with Gasteiger partial charge in [0.05, 0.1) is 10.3 Å². The fourth-order valence-electron chi connectivity index (χ4n) is 2.83. The molecule has 0 aliphatic heterocycles. The molecule has 156 valence electrons. The molecule has 1 amide bonds. The molecule has 4 aromatic rings. The predicted octanol–water partition coefficient (Wildman–Crippen LogP) is 5.18. The number of amides is 1. The molecule has 0 radical (unpaired) electrons. The van der Waals surface area contributed by atoms with Crippen LogP contribution < -0.4 is 5.32 Å². The molecule has 31 heavy (non-hydrogen) atoms. The molecular formula is C22H13F3N2O3S. The van der Waals surface area contributed by atoms with Crippen LogP contribution in [0.5, 0.6) is 0 Å².